The van der Waals surface area contributed by atoms with Gasteiger partial charge in [-0.25, -0.2) is 0 Å². The molecule has 1 fully saturated rings. The average molecular weight is 329 g/mol. The predicted octanol–water partition coefficient (Wildman–Crippen LogP) is 3.35. The highest BCUT2D eigenvalue weighted by molar-refractivity contribution is 6.04. The molecule has 1 atom stereocenters. The number of nitriles is 1. The van der Waals surface area contributed by atoms with Crippen molar-refractivity contribution >= 4 is 11.6 Å². The van der Waals surface area contributed by atoms with Gasteiger partial charge < -0.3 is 5.32 Å². The molecule has 1 saturated heterocycles. The number of rotatable bonds is 1. The number of carbonyl (C=O) groups excluding carboxylic acids is 1. The Morgan fingerprint density at radius 2 is 2.04 bits per heavy atom. The predicted molar refractivity (Wildman–Crippen MR) is 97.3 cm³/mol. The molecule has 2 aromatic carbocycles. The van der Waals surface area contributed by atoms with Crippen molar-refractivity contribution in [2.45, 2.75) is 31.2 Å². The summed E-state index contributed by atoms with van der Waals surface area (Å²) in [6.07, 6.45) is 2.79. The number of carbonyl (C=O) groups is 1. The van der Waals surface area contributed by atoms with E-state index in [0.29, 0.717) is 18.4 Å². The van der Waals surface area contributed by atoms with Gasteiger partial charge in [0.15, 0.2) is 0 Å². The van der Waals surface area contributed by atoms with Gasteiger partial charge in [-0.3, -0.25) is 9.79 Å². The van der Waals surface area contributed by atoms with Gasteiger partial charge in [-0.05, 0) is 53.3 Å². The van der Waals surface area contributed by atoms with Gasteiger partial charge in [0.05, 0.1) is 23.6 Å². The van der Waals surface area contributed by atoms with Crippen LogP contribution in [0.1, 0.15) is 36.0 Å². The summed E-state index contributed by atoms with van der Waals surface area (Å²) in [7, 11) is 1.73. The number of Topliss-reactive ketones (excluding diaryl/α,β-unsaturated/α-hetero) is 1. The maximum atomic E-state index is 12.3. The van der Waals surface area contributed by atoms with Crippen LogP contribution in [0.2, 0.25) is 0 Å². The molecule has 2 aromatic rings. The average Bonchev–Trinajstić information content (AvgIpc) is 2.98. The first-order valence-electron chi connectivity index (χ1n) is 8.53. The molecule has 1 N–H and O–H groups in total. The van der Waals surface area contributed by atoms with E-state index < -0.39 is 0 Å². The summed E-state index contributed by atoms with van der Waals surface area (Å²) in [5.41, 5.74) is 4.91. The summed E-state index contributed by atoms with van der Waals surface area (Å²) in [5.74, 6) is 1.02. The lowest BCUT2D eigenvalue weighted by Gasteiger charge is -2.36. The quantitative estimate of drug-likeness (QED) is 0.872. The van der Waals surface area contributed by atoms with Crippen molar-refractivity contribution in [3.63, 3.8) is 0 Å². The number of aliphatic imine (C=N–C) groups is 1. The van der Waals surface area contributed by atoms with E-state index >= 15 is 0 Å². The van der Waals surface area contributed by atoms with Gasteiger partial charge >= 0.3 is 0 Å². The van der Waals surface area contributed by atoms with Gasteiger partial charge in [-0.2, -0.15) is 5.26 Å². The minimum atomic E-state index is -0.331. The molecule has 25 heavy (non-hydrogen) atoms. The highest BCUT2D eigenvalue weighted by Crippen LogP contribution is 2.43. The first-order chi connectivity index (χ1) is 12.1. The minimum absolute atomic E-state index is 0.240. The fourth-order valence-electron chi connectivity index (χ4n) is 4.07. The third-order valence-electron chi connectivity index (χ3n) is 5.29. The van der Waals surface area contributed by atoms with Crippen LogP contribution in [0.15, 0.2) is 47.5 Å². The van der Waals surface area contributed by atoms with Crippen molar-refractivity contribution in [2.75, 3.05) is 7.05 Å². The molecule has 0 bridgehead atoms. The van der Waals surface area contributed by atoms with Crippen molar-refractivity contribution in [1.29, 1.82) is 5.26 Å². The van der Waals surface area contributed by atoms with Gasteiger partial charge in [-0.15, -0.1) is 0 Å². The first kappa shape index (κ1) is 15.6. The van der Waals surface area contributed by atoms with Crippen molar-refractivity contribution in [3.05, 3.63) is 59.2 Å². The summed E-state index contributed by atoms with van der Waals surface area (Å²) in [6, 6.07) is 16.3. The van der Waals surface area contributed by atoms with E-state index in [2.05, 4.69) is 34.6 Å². The minimum Gasteiger partial charge on any atom is -0.363 e. The van der Waals surface area contributed by atoms with Crippen LogP contribution in [-0.2, 0) is 16.8 Å². The van der Waals surface area contributed by atoms with E-state index in [9.17, 15) is 4.79 Å². The van der Waals surface area contributed by atoms with E-state index in [1.54, 1.807) is 7.05 Å². The SMILES string of the molecule is CN=C1CC(=O)C[C@]2(CCc3ccc(-c4cccc(C#N)c4)cc32)N1. The molecule has 0 unspecified atom stereocenters. The van der Waals surface area contributed by atoms with Crippen LogP contribution >= 0.6 is 0 Å². The van der Waals surface area contributed by atoms with Crippen LogP contribution < -0.4 is 5.32 Å². The van der Waals surface area contributed by atoms with Crippen LogP contribution in [0, 0.1) is 11.3 Å². The smallest absolute Gasteiger partial charge is 0.143 e. The van der Waals surface area contributed by atoms with Crippen molar-refractivity contribution < 1.29 is 4.79 Å². The van der Waals surface area contributed by atoms with Crippen LogP contribution in [0.25, 0.3) is 11.1 Å². The lowest BCUT2D eigenvalue weighted by molar-refractivity contribution is -0.120. The largest absolute Gasteiger partial charge is 0.363 e. The van der Waals surface area contributed by atoms with Crippen LogP contribution in [-0.4, -0.2) is 18.7 Å². The van der Waals surface area contributed by atoms with Crippen molar-refractivity contribution in [3.8, 4) is 17.2 Å². The summed E-state index contributed by atoms with van der Waals surface area (Å²) < 4.78 is 0. The molecule has 0 radical (unpaired) electrons. The normalized spacial score (nSPS) is 23.4. The second-order valence-electron chi connectivity index (χ2n) is 6.83. The molecule has 1 aliphatic carbocycles. The highest BCUT2D eigenvalue weighted by Gasteiger charge is 2.44. The Morgan fingerprint density at radius 1 is 1.20 bits per heavy atom. The molecule has 1 spiro atoms. The number of aryl methyl sites for hydroxylation is 1. The van der Waals surface area contributed by atoms with Gasteiger partial charge in [0, 0.05) is 13.5 Å². The Morgan fingerprint density at radius 3 is 2.84 bits per heavy atom. The Labute approximate surface area is 147 Å². The van der Waals surface area contributed by atoms with Gasteiger partial charge in [0.2, 0.25) is 0 Å². The number of benzene rings is 2. The zero-order valence-electron chi connectivity index (χ0n) is 14.2. The molecule has 0 aromatic heterocycles. The van der Waals surface area contributed by atoms with Gasteiger partial charge in [0.25, 0.3) is 0 Å². The maximum absolute atomic E-state index is 12.3. The number of ketones is 1. The summed E-state index contributed by atoms with van der Waals surface area (Å²) in [6.45, 7) is 0. The fourth-order valence-corrected chi connectivity index (χ4v) is 4.07. The van der Waals surface area contributed by atoms with Crippen molar-refractivity contribution in [1.82, 2.24) is 5.32 Å². The topological polar surface area (TPSA) is 65.2 Å². The molecule has 4 heteroatoms. The molecule has 1 heterocycles. The molecule has 124 valence electrons. The van der Waals surface area contributed by atoms with Crippen molar-refractivity contribution in [2.24, 2.45) is 4.99 Å². The number of hydrogen-bond acceptors (Lipinski definition) is 3. The first-order valence-corrected chi connectivity index (χ1v) is 8.53. The molecule has 0 amide bonds. The lowest BCUT2D eigenvalue weighted by Crippen LogP contribution is -2.50. The van der Waals surface area contributed by atoms with E-state index in [-0.39, 0.29) is 11.3 Å². The van der Waals surface area contributed by atoms with Crippen LogP contribution in [0.3, 0.4) is 0 Å². The Bertz CT molecular complexity index is 938. The molecule has 4 nitrogen and oxygen atoms in total. The number of nitrogens with one attached hydrogen (secondary N) is 1. The van der Waals surface area contributed by atoms with Gasteiger partial charge in [-0.1, -0.05) is 24.3 Å². The number of piperidine rings is 1. The number of nitrogens with zero attached hydrogens (tertiary/aromatic N) is 2. The van der Waals surface area contributed by atoms with E-state index in [1.807, 2.05) is 24.3 Å². The third-order valence-corrected chi connectivity index (χ3v) is 5.29. The van der Waals surface area contributed by atoms with Crippen LogP contribution in [0.4, 0.5) is 0 Å². The third kappa shape index (κ3) is 2.62. The molecular weight excluding hydrogens is 310 g/mol. The molecule has 1 aliphatic heterocycles. The zero-order chi connectivity index (χ0) is 17.4. The lowest BCUT2D eigenvalue weighted by atomic mass is 9.81. The molecular formula is C21H19N3O. The summed E-state index contributed by atoms with van der Waals surface area (Å²) in [5, 5.41) is 12.7. The molecule has 2 aliphatic rings. The van der Waals surface area contributed by atoms with E-state index in [0.717, 1.165) is 29.8 Å². The zero-order valence-corrected chi connectivity index (χ0v) is 14.2. The van der Waals surface area contributed by atoms with Crippen LogP contribution in [0.5, 0.6) is 0 Å². The van der Waals surface area contributed by atoms with E-state index in [4.69, 9.17) is 5.26 Å². The number of hydrogen-bond donors (Lipinski definition) is 1. The van der Waals surface area contributed by atoms with Gasteiger partial charge in [0.1, 0.15) is 11.6 Å². The highest BCUT2D eigenvalue weighted by atomic mass is 16.1. The second-order valence-corrected chi connectivity index (χ2v) is 6.83. The van der Waals surface area contributed by atoms with E-state index in [1.165, 1.54) is 11.1 Å². The number of amidine groups is 1. The summed E-state index contributed by atoms with van der Waals surface area (Å²) in [4.78, 5) is 16.5. The molecule has 0 saturated carbocycles. The number of fused-ring (bicyclic) bond motifs is 2. The second kappa shape index (κ2) is 5.86. The fraction of sp³-hybridized carbons (Fsp3) is 0.286. The summed E-state index contributed by atoms with van der Waals surface area (Å²) >= 11 is 0. The Hall–Kier alpha value is -2.93. The molecule has 4 rings (SSSR count). The Kier molecular flexibility index (Phi) is 3.65. The standard InChI is InChI=1S/C21H19N3O/c1-23-20-11-18(25)12-21(24-20)8-7-15-5-6-17(10-19(15)21)16-4-2-3-14(9-16)13-22/h2-6,9-10H,7-8,11-12H2,1H3,(H,23,24)/t21-/m0/s1. The monoisotopic (exact) mass is 329 g/mol. The Balaban J connectivity index is 1.80. The maximum Gasteiger partial charge on any atom is 0.143 e.